The van der Waals surface area contributed by atoms with Crippen LogP contribution >= 0.6 is 0 Å². The lowest BCUT2D eigenvalue weighted by Gasteiger charge is -2.45. The number of halogens is 6. The molecule has 0 aliphatic heterocycles. The van der Waals surface area contributed by atoms with E-state index in [-0.39, 0.29) is 5.92 Å². The van der Waals surface area contributed by atoms with Crippen LogP contribution in [0.15, 0.2) is 0 Å². The molecule has 2 saturated carbocycles. The molecule has 3 atom stereocenters. The Labute approximate surface area is 107 Å². The fourth-order valence-electron chi connectivity index (χ4n) is 3.19. The van der Waals surface area contributed by atoms with Gasteiger partial charge in [0.2, 0.25) is 0 Å². The quantitative estimate of drug-likeness (QED) is 0.781. The summed E-state index contributed by atoms with van der Waals surface area (Å²) in [7, 11) is 0. The van der Waals surface area contributed by atoms with Crippen LogP contribution in [0.2, 0.25) is 0 Å². The van der Waals surface area contributed by atoms with Gasteiger partial charge in [-0.15, -0.1) is 0 Å². The van der Waals surface area contributed by atoms with Crippen molar-refractivity contribution in [3.05, 3.63) is 0 Å². The summed E-state index contributed by atoms with van der Waals surface area (Å²) in [6, 6.07) is 0. The minimum Gasteiger partial charge on any atom is -0.373 e. The molecule has 7 heteroatoms. The summed E-state index contributed by atoms with van der Waals surface area (Å²) in [6.07, 6.45) is -9.74. The molecule has 0 aromatic carbocycles. The second-order valence-corrected chi connectivity index (χ2v) is 5.86. The van der Waals surface area contributed by atoms with Gasteiger partial charge in [-0.3, -0.25) is 0 Å². The minimum atomic E-state index is -5.69. The molecular weight excluding hydrogens is 274 g/mol. The highest BCUT2D eigenvalue weighted by atomic mass is 19.4. The lowest BCUT2D eigenvalue weighted by Crippen LogP contribution is -2.64. The molecule has 0 aromatic rings. The standard InChI is InChI=1S/C12H16F6O/c1-6-5-8(6)9(7-3-2-4-7)10(19,11(13,14)15)12(16,17)18/h6-9,19H,2-5H2,1H3/t6-,8?,9?/m0/s1. The van der Waals surface area contributed by atoms with E-state index in [0.717, 1.165) is 0 Å². The molecule has 0 radical (unpaired) electrons. The lowest BCUT2D eigenvalue weighted by molar-refractivity contribution is -0.393. The second-order valence-electron chi connectivity index (χ2n) is 5.86. The maximum atomic E-state index is 12.9. The molecule has 2 unspecified atom stereocenters. The largest absolute Gasteiger partial charge is 0.426 e. The zero-order valence-corrected chi connectivity index (χ0v) is 10.4. The van der Waals surface area contributed by atoms with Gasteiger partial charge in [0.1, 0.15) is 0 Å². The molecule has 0 spiro atoms. The van der Waals surface area contributed by atoms with Gasteiger partial charge in [-0.05, 0) is 24.2 Å². The molecule has 2 fully saturated rings. The monoisotopic (exact) mass is 290 g/mol. The van der Waals surface area contributed by atoms with Crippen LogP contribution < -0.4 is 0 Å². The molecule has 2 aliphatic rings. The first kappa shape index (κ1) is 14.9. The number of rotatable bonds is 3. The maximum Gasteiger partial charge on any atom is 0.426 e. The highest BCUT2D eigenvalue weighted by Gasteiger charge is 2.77. The van der Waals surface area contributed by atoms with Crippen molar-refractivity contribution in [3.63, 3.8) is 0 Å². The molecule has 0 saturated heterocycles. The van der Waals surface area contributed by atoms with Crippen molar-refractivity contribution < 1.29 is 31.4 Å². The predicted molar refractivity (Wildman–Crippen MR) is 55.2 cm³/mol. The van der Waals surface area contributed by atoms with Crippen LogP contribution in [0.4, 0.5) is 26.3 Å². The molecule has 0 bridgehead atoms. The molecular formula is C12H16F6O. The summed E-state index contributed by atoms with van der Waals surface area (Å²) >= 11 is 0. The molecule has 1 nitrogen and oxygen atoms in total. The van der Waals surface area contributed by atoms with Gasteiger partial charge in [0, 0.05) is 5.92 Å². The van der Waals surface area contributed by atoms with Gasteiger partial charge in [0.05, 0.1) is 0 Å². The Morgan fingerprint density at radius 2 is 1.42 bits per heavy atom. The highest BCUT2D eigenvalue weighted by molar-refractivity contribution is 5.09. The van der Waals surface area contributed by atoms with Crippen LogP contribution in [0.5, 0.6) is 0 Å². The third-order valence-electron chi connectivity index (χ3n) is 4.64. The Kier molecular flexibility index (Phi) is 3.35. The zero-order valence-electron chi connectivity index (χ0n) is 10.4. The summed E-state index contributed by atoms with van der Waals surface area (Å²) in [4.78, 5) is 0. The van der Waals surface area contributed by atoms with Crippen molar-refractivity contribution >= 4 is 0 Å². The third kappa shape index (κ3) is 2.23. The topological polar surface area (TPSA) is 20.2 Å². The fraction of sp³-hybridized carbons (Fsp3) is 1.00. The van der Waals surface area contributed by atoms with Gasteiger partial charge < -0.3 is 5.11 Å². The summed E-state index contributed by atoms with van der Waals surface area (Å²) < 4.78 is 77.5. The highest BCUT2D eigenvalue weighted by Crippen LogP contribution is 2.61. The lowest BCUT2D eigenvalue weighted by atomic mass is 9.65. The summed E-state index contributed by atoms with van der Waals surface area (Å²) in [5.74, 6) is -3.29. The first-order valence-corrected chi connectivity index (χ1v) is 6.36. The first-order valence-electron chi connectivity index (χ1n) is 6.36. The Morgan fingerprint density at radius 3 is 1.63 bits per heavy atom. The molecule has 0 heterocycles. The number of hydrogen-bond acceptors (Lipinski definition) is 1. The van der Waals surface area contributed by atoms with Crippen molar-refractivity contribution in [2.45, 2.75) is 50.6 Å². The van der Waals surface area contributed by atoms with Crippen molar-refractivity contribution in [2.24, 2.45) is 23.7 Å². The maximum absolute atomic E-state index is 12.9. The number of alkyl halides is 6. The van der Waals surface area contributed by atoms with E-state index in [2.05, 4.69) is 0 Å². The van der Waals surface area contributed by atoms with E-state index >= 15 is 0 Å². The molecule has 2 rings (SSSR count). The van der Waals surface area contributed by atoms with E-state index < -0.39 is 35.7 Å². The Hall–Kier alpha value is -0.460. The van der Waals surface area contributed by atoms with Crippen LogP contribution in [0, 0.1) is 23.7 Å². The van der Waals surface area contributed by atoms with Crippen LogP contribution in [0.1, 0.15) is 32.6 Å². The summed E-state index contributed by atoms with van der Waals surface area (Å²) in [5, 5.41) is 9.56. The Balaban J connectivity index is 2.39. The van der Waals surface area contributed by atoms with Crippen LogP contribution in [-0.4, -0.2) is 23.1 Å². The van der Waals surface area contributed by atoms with Gasteiger partial charge in [0.15, 0.2) is 0 Å². The van der Waals surface area contributed by atoms with E-state index in [1.54, 1.807) is 6.92 Å². The van der Waals surface area contributed by atoms with Gasteiger partial charge in [0.25, 0.3) is 5.60 Å². The molecule has 0 aromatic heterocycles. The first-order chi connectivity index (χ1) is 8.50. The number of aliphatic hydroxyl groups is 1. The van der Waals surface area contributed by atoms with Crippen LogP contribution in [0.25, 0.3) is 0 Å². The molecule has 112 valence electrons. The second kappa shape index (κ2) is 4.27. The summed E-state index contributed by atoms with van der Waals surface area (Å²) in [6.45, 7) is 1.63. The normalized spacial score (nSPS) is 30.9. The predicted octanol–water partition coefficient (Wildman–Crippen LogP) is 3.91. The van der Waals surface area contributed by atoms with Gasteiger partial charge in [-0.2, -0.15) is 26.3 Å². The van der Waals surface area contributed by atoms with E-state index in [1.807, 2.05) is 0 Å². The molecule has 1 N–H and O–H groups in total. The van der Waals surface area contributed by atoms with Gasteiger partial charge in [-0.1, -0.05) is 26.2 Å². The van der Waals surface area contributed by atoms with Crippen molar-refractivity contribution in [1.82, 2.24) is 0 Å². The fourth-order valence-corrected chi connectivity index (χ4v) is 3.19. The molecule has 0 amide bonds. The van der Waals surface area contributed by atoms with Crippen LogP contribution in [0.3, 0.4) is 0 Å². The van der Waals surface area contributed by atoms with Crippen LogP contribution in [-0.2, 0) is 0 Å². The van der Waals surface area contributed by atoms with Gasteiger partial charge >= 0.3 is 12.4 Å². The SMILES string of the molecule is C[C@H]1CC1C(C1CCC1)C(O)(C(F)(F)F)C(F)(F)F. The van der Waals surface area contributed by atoms with E-state index in [4.69, 9.17) is 0 Å². The van der Waals surface area contributed by atoms with Gasteiger partial charge in [-0.25, -0.2) is 0 Å². The zero-order chi connectivity index (χ0) is 14.6. The molecule has 19 heavy (non-hydrogen) atoms. The molecule has 2 aliphatic carbocycles. The average Bonchev–Trinajstić information content (AvgIpc) is 2.83. The summed E-state index contributed by atoms with van der Waals surface area (Å²) in [5.41, 5.74) is -4.57. The Bertz CT molecular complexity index is 324. The Morgan fingerprint density at radius 1 is 1.00 bits per heavy atom. The van der Waals surface area contributed by atoms with E-state index in [0.29, 0.717) is 25.7 Å². The van der Waals surface area contributed by atoms with Crippen molar-refractivity contribution in [3.8, 4) is 0 Å². The van der Waals surface area contributed by atoms with E-state index in [9.17, 15) is 31.4 Å². The van der Waals surface area contributed by atoms with E-state index in [1.165, 1.54) is 0 Å². The minimum absolute atomic E-state index is 0.179. The third-order valence-corrected chi connectivity index (χ3v) is 4.64. The van der Waals surface area contributed by atoms with Crippen molar-refractivity contribution in [2.75, 3.05) is 0 Å². The average molecular weight is 290 g/mol. The number of hydrogen-bond donors (Lipinski definition) is 1. The smallest absolute Gasteiger partial charge is 0.373 e. The van der Waals surface area contributed by atoms with Crippen molar-refractivity contribution in [1.29, 1.82) is 0 Å².